The van der Waals surface area contributed by atoms with Gasteiger partial charge in [-0.15, -0.1) is 10.2 Å². The number of benzene rings is 1. The lowest BCUT2D eigenvalue weighted by atomic mass is 10.2. The van der Waals surface area contributed by atoms with Gasteiger partial charge in [-0.1, -0.05) is 6.92 Å². The second-order valence-electron chi connectivity index (χ2n) is 4.13. The second-order valence-corrected chi connectivity index (χ2v) is 4.47. The summed E-state index contributed by atoms with van der Waals surface area (Å²) in [6.45, 7) is 1.86. The molecule has 0 unspecified atom stereocenters. The van der Waals surface area contributed by atoms with E-state index in [1.807, 2.05) is 6.92 Å². The summed E-state index contributed by atoms with van der Waals surface area (Å²) < 4.78 is 53.0. The second kappa shape index (κ2) is 5.40. The first kappa shape index (κ1) is 14.8. The summed E-state index contributed by atoms with van der Waals surface area (Å²) in [7, 11) is 0. The zero-order valence-electron chi connectivity index (χ0n) is 10.4. The van der Waals surface area contributed by atoms with Gasteiger partial charge >= 0.3 is 6.18 Å². The number of hydrogen-bond donors (Lipinski definition) is 0. The van der Waals surface area contributed by atoms with Crippen molar-refractivity contribution in [3.63, 3.8) is 0 Å². The Labute approximate surface area is 117 Å². The van der Waals surface area contributed by atoms with Crippen LogP contribution in [0, 0.1) is 5.82 Å². The lowest BCUT2D eigenvalue weighted by molar-refractivity contribution is -0.137. The average molecular weight is 308 g/mol. The van der Waals surface area contributed by atoms with Crippen LogP contribution in [0.3, 0.4) is 0 Å². The molecule has 0 atom stereocenters. The number of nitrogens with zero attached hydrogens (tertiary/aromatic N) is 3. The van der Waals surface area contributed by atoms with Crippen LogP contribution >= 0.6 is 11.6 Å². The molecule has 0 spiro atoms. The highest BCUT2D eigenvalue weighted by molar-refractivity contribution is 6.28. The molecule has 3 nitrogen and oxygen atoms in total. The fraction of sp³-hybridized carbons (Fsp3) is 0.333. The van der Waals surface area contributed by atoms with Gasteiger partial charge in [-0.3, -0.25) is 4.57 Å². The molecule has 0 N–H and O–H groups in total. The maximum atomic E-state index is 13.8. The molecule has 0 saturated heterocycles. The van der Waals surface area contributed by atoms with E-state index in [0.29, 0.717) is 30.8 Å². The average Bonchev–Trinajstić information content (AvgIpc) is 2.70. The Morgan fingerprint density at radius 3 is 2.55 bits per heavy atom. The quantitative estimate of drug-likeness (QED) is 0.802. The van der Waals surface area contributed by atoms with Gasteiger partial charge in [0.25, 0.3) is 0 Å². The van der Waals surface area contributed by atoms with Crippen LogP contribution in [-0.4, -0.2) is 14.8 Å². The highest BCUT2D eigenvalue weighted by Crippen LogP contribution is 2.32. The lowest BCUT2D eigenvalue weighted by Crippen LogP contribution is -2.09. The fourth-order valence-corrected chi connectivity index (χ4v) is 2.01. The van der Waals surface area contributed by atoms with Crippen molar-refractivity contribution in [3.8, 4) is 5.69 Å². The van der Waals surface area contributed by atoms with Crippen LogP contribution in [0.2, 0.25) is 5.28 Å². The molecule has 2 aromatic rings. The highest BCUT2D eigenvalue weighted by atomic mass is 35.5. The summed E-state index contributed by atoms with van der Waals surface area (Å²) in [6.07, 6.45) is -3.46. The van der Waals surface area contributed by atoms with Crippen molar-refractivity contribution < 1.29 is 17.6 Å². The summed E-state index contributed by atoms with van der Waals surface area (Å²) in [5.74, 6) is -0.507. The Kier molecular flexibility index (Phi) is 3.99. The summed E-state index contributed by atoms with van der Waals surface area (Å²) in [6, 6.07) is 2.13. The number of aryl methyl sites for hydroxylation is 1. The van der Waals surface area contributed by atoms with E-state index in [9.17, 15) is 17.6 Å². The first-order chi connectivity index (χ1) is 9.34. The van der Waals surface area contributed by atoms with Crippen LogP contribution in [0.15, 0.2) is 18.2 Å². The Bertz CT molecular complexity index is 622. The zero-order chi connectivity index (χ0) is 14.9. The number of aromatic nitrogens is 3. The minimum atomic E-state index is -4.56. The summed E-state index contributed by atoms with van der Waals surface area (Å²) in [5.41, 5.74) is -1.26. The van der Waals surface area contributed by atoms with Crippen molar-refractivity contribution in [3.05, 3.63) is 40.7 Å². The van der Waals surface area contributed by atoms with Crippen molar-refractivity contribution in [2.24, 2.45) is 0 Å². The smallest absolute Gasteiger partial charge is 0.267 e. The number of rotatable bonds is 3. The van der Waals surface area contributed by atoms with E-state index in [1.54, 1.807) is 0 Å². The molecule has 0 aliphatic carbocycles. The maximum Gasteiger partial charge on any atom is 0.416 e. The topological polar surface area (TPSA) is 30.7 Å². The molecule has 8 heteroatoms. The van der Waals surface area contributed by atoms with Gasteiger partial charge in [0.15, 0.2) is 0 Å². The molecule has 0 bridgehead atoms. The van der Waals surface area contributed by atoms with E-state index in [2.05, 4.69) is 10.2 Å². The predicted molar refractivity (Wildman–Crippen MR) is 65.3 cm³/mol. The van der Waals surface area contributed by atoms with Crippen LogP contribution in [-0.2, 0) is 12.6 Å². The van der Waals surface area contributed by atoms with Crippen molar-refractivity contribution in [1.82, 2.24) is 14.8 Å². The van der Waals surface area contributed by atoms with E-state index < -0.39 is 17.6 Å². The summed E-state index contributed by atoms with van der Waals surface area (Å²) in [4.78, 5) is 0. The van der Waals surface area contributed by atoms with Crippen LogP contribution in [0.5, 0.6) is 0 Å². The Morgan fingerprint density at radius 1 is 1.25 bits per heavy atom. The normalized spacial score (nSPS) is 11.9. The molecule has 0 radical (unpaired) electrons. The standard InChI is InChI=1S/C12H10ClF4N3/c1-2-3-10-18-19-11(13)20(10)9-6-7(12(15,16)17)4-5-8(9)14/h4-6H,2-3H2,1H3. The van der Waals surface area contributed by atoms with Crippen molar-refractivity contribution in [1.29, 1.82) is 0 Å². The van der Waals surface area contributed by atoms with E-state index in [-0.39, 0.29) is 11.0 Å². The SMILES string of the molecule is CCCc1nnc(Cl)n1-c1cc(C(F)(F)F)ccc1F. The zero-order valence-corrected chi connectivity index (χ0v) is 11.1. The van der Waals surface area contributed by atoms with Crippen LogP contribution in [0.25, 0.3) is 5.69 Å². The van der Waals surface area contributed by atoms with Crippen molar-refractivity contribution in [2.45, 2.75) is 25.9 Å². The maximum absolute atomic E-state index is 13.8. The number of halogens is 5. The fourth-order valence-electron chi connectivity index (χ4n) is 1.78. The first-order valence-corrected chi connectivity index (χ1v) is 6.19. The molecule has 0 fully saturated rings. The highest BCUT2D eigenvalue weighted by Gasteiger charge is 2.31. The third-order valence-electron chi connectivity index (χ3n) is 2.68. The molecule has 1 heterocycles. The third-order valence-corrected chi connectivity index (χ3v) is 2.92. The molecular weight excluding hydrogens is 298 g/mol. The van der Waals surface area contributed by atoms with Gasteiger partial charge in [0.2, 0.25) is 5.28 Å². The monoisotopic (exact) mass is 307 g/mol. The Morgan fingerprint density at radius 2 is 1.95 bits per heavy atom. The molecule has 0 amide bonds. The van der Waals surface area contributed by atoms with Gasteiger partial charge in [-0.05, 0) is 36.2 Å². The number of alkyl halides is 3. The molecule has 1 aromatic carbocycles. The summed E-state index contributed by atoms with van der Waals surface area (Å²) in [5, 5.41) is 7.15. The largest absolute Gasteiger partial charge is 0.416 e. The predicted octanol–water partition coefficient (Wildman–Crippen LogP) is 4.03. The first-order valence-electron chi connectivity index (χ1n) is 5.81. The molecule has 0 saturated carbocycles. The molecule has 2 rings (SSSR count). The van der Waals surface area contributed by atoms with Gasteiger partial charge in [0.05, 0.1) is 11.3 Å². The molecule has 108 valence electrons. The molecule has 0 aliphatic rings. The molecular formula is C12H10ClF4N3. The Balaban J connectivity index is 2.60. The van der Waals surface area contributed by atoms with Crippen LogP contribution < -0.4 is 0 Å². The van der Waals surface area contributed by atoms with Gasteiger partial charge in [0, 0.05) is 6.42 Å². The molecule has 1 aromatic heterocycles. The molecule has 0 aliphatic heterocycles. The summed E-state index contributed by atoms with van der Waals surface area (Å²) >= 11 is 5.80. The third kappa shape index (κ3) is 2.77. The van der Waals surface area contributed by atoms with Crippen LogP contribution in [0.4, 0.5) is 17.6 Å². The van der Waals surface area contributed by atoms with Crippen LogP contribution in [0.1, 0.15) is 24.7 Å². The van der Waals surface area contributed by atoms with E-state index in [0.717, 1.165) is 10.6 Å². The van der Waals surface area contributed by atoms with Crippen molar-refractivity contribution in [2.75, 3.05) is 0 Å². The minimum absolute atomic E-state index is 0.174. The van der Waals surface area contributed by atoms with Crippen molar-refractivity contribution >= 4 is 11.6 Å². The van der Waals surface area contributed by atoms with Gasteiger partial charge < -0.3 is 0 Å². The van der Waals surface area contributed by atoms with Gasteiger partial charge in [-0.25, -0.2) is 4.39 Å². The molecule has 20 heavy (non-hydrogen) atoms. The number of hydrogen-bond acceptors (Lipinski definition) is 2. The Hall–Kier alpha value is -1.63. The van der Waals surface area contributed by atoms with Gasteiger partial charge in [0.1, 0.15) is 11.6 Å². The lowest BCUT2D eigenvalue weighted by Gasteiger charge is -2.12. The minimum Gasteiger partial charge on any atom is -0.267 e. The van der Waals surface area contributed by atoms with E-state index in [1.165, 1.54) is 0 Å². The van der Waals surface area contributed by atoms with Gasteiger partial charge in [-0.2, -0.15) is 13.2 Å². The van der Waals surface area contributed by atoms with E-state index in [4.69, 9.17) is 11.6 Å². The van der Waals surface area contributed by atoms with E-state index >= 15 is 0 Å².